The SMILES string of the molecule is Cc1cnccc1NCc1cn[nH]c1C. The van der Waals surface area contributed by atoms with Gasteiger partial charge in [0.2, 0.25) is 0 Å². The summed E-state index contributed by atoms with van der Waals surface area (Å²) in [5, 5.41) is 10.3. The van der Waals surface area contributed by atoms with E-state index in [1.54, 1.807) is 6.20 Å². The van der Waals surface area contributed by atoms with Crippen LogP contribution in [0.3, 0.4) is 0 Å². The molecule has 2 N–H and O–H groups in total. The zero-order valence-corrected chi connectivity index (χ0v) is 8.91. The van der Waals surface area contributed by atoms with Gasteiger partial charge in [0.1, 0.15) is 0 Å². The van der Waals surface area contributed by atoms with Crippen molar-refractivity contribution in [3.8, 4) is 0 Å². The maximum atomic E-state index is 4.05. The lowest BCUT2D eigenvalue weighted by Gasteiger charge is -2.07. The van der Waals surface area contributed by atoms with E-state index in [1.807, 2.05) is 32.3 Å². The van der Waals surface area contributed by atoms with Gasteiger partial charge < -0.3 is 5.32 Å². The predicted octanol–water partition coefficient (Wildman–Crippen LogP) is 2.03. The van der Waals surface area contributed by atoms with E-state index in [2.05, 4.69) is 20.5 Å². The van der Waals surface area contributed by atoms with E-state index in [9.17, 15) is 0 Å². The van der Waals surface area contributed by atoms with Crippen LogP contribution in [0.2, 0.25) is 0 Å². The number of aromatic amines is 1. The first-order valence-corrected chi connectivity index (χ1v) is 4.90. The molecule has 0 unspecified atom stereocenters. The highest BCUT2D eigenvalue weighted by Gasteiger charge is 2.01. The zero-order chi connectivity index (χ0) is 10.7. The Balaban J connectivity index is 2.06. The van der Waals surface area contributed by atoms with Gasteiger partial charge in [-0.25, -0.2) is 0 Å². The number of rotatable bonds is 3. The Morgan fingerprint density at radius 2 is 2.20 bits per heavy atom. The Morgan fingerprint density at radius 1 is 1.33 bits per heavy atom. The Hall–Kier alpha value is -1.84. The molecule has 0 spiro atoms. The number of H-pyrrole nitrogens is 1. The topological polar surface area (TPSA) is 53.6 Å². The summed E-state index contributed by atoms with van der Waals surface area (Å²) < 4.78 is 0. The van der Waals surface area contributed by atoms with Gasteiger partial charge in [-0.1, -0.05) is 0 Å². The lowest BCUT2D eigenvalue weighted by Crippen LogP contribution is -2.01. The largest absolute Gasteiger partial charge is 0.381 e. The zero-order valence-electron chi connectivity index (χ0n) is 8.91. The van der Waals surface area contributed by atoms with Crippen molar-refractivity contribution in [3.63, 3.8) is 0 Å². The Kier molecular flexibility index (Phi) is 2.67. The summed E-state index contributed by atoms with van der Waals surface area (Å²) in [6.45, 7) is 4.84. The molecule has 2 rings (SSSR count). The van der Waals surface area contributed by atoms with E-state index in [1.165, 1.54) is 5.56 Å². The highest BCUT2D eigenvalue weighted by Crippen LogP contribution is 2.13. The molecule has 0 saturated carbocycles. The number of anilines is 1. The fourth-order valence-corrected chi connectivity index (χ4v) is 1.42. The minimum absolute atomic E-state index is 0.785. The number of nitrogens with one attached hydrogen (secondary N) is 2. The summed E-state index contributed by atoms with van der Waals surface area (Å²) in [5.74, 6) is 0. The molecule has 0 fully saturated rings. The molecular formula is C11H14N4. The second-order valence-electron chi connectivity index (χ2n) is 3.56. The van der Waals surface area contributed by atoms with Crippen LogP contribution >= 0.6 is 0 Å². The van der Waals surface area contributed by atoms with Crippen LogP contribution in [0.25, 0.3) is 0 Å². The molecule has 0 amide bonds. The highest BCUT2D eigenvalue weighted by molar-refractivity contribution is 5.48. The fraction of sp³-hybridized carbons (Fsp3) is 0.273. The van der Waals surface area contributed by atoms with Gasteiger partial charge in [-0.2, -0.15) is 5.10 Å². The second kappa shape index (κ2) is 4.13. The van der Waals surface area contributed by atoms with E-state index < -0.39 is 0 Å². The van der Waals surface area contributed by atoms with Gasteiger partial charge in [-0.15, -0.1) is 0 Å². The standard InChI is InChI=1S/C11H14N4/c1-8-5-12-4-3-11(8)13-6-10-7-14-15-9(10)2/h3-5,7H,6H2,1-2H3,(H,12,13)(H,14,15). The molecule has 0 atom stereocenters. The van der Waals surface area contributed by atoms with Crippen LogP contribution in [0.15, 0.2) is 24.7 Å². The maximum Gasteiger partial charge on any atom is 0.0539 e. The van der Waals surface area contributed by atoms with Crippen molar-refractivity contribution in [2.24, 2.45) is 0 Å². The Labute approximate surface area is 88.8 Å². The quantitative estimate of drug-likeness (QED) is 0.800. The van der Waals surface area contributed by atoms with E-state index in [-0.39, 0.29) is 0 Å². The number of aromatic nitrogens is 3. The molecule has 0 aliphatic carbocycles. The average Bonchev–Trinajstić information content (AvgIpc) is 2.63. The average molecular weight is 202 g/mol. The third-order valence-corrected chi connectivity index (χ3v) is 2.42. The fourth-order valence-electron chi connectivity index (χ4n) is 1.42. The van der Waals surface area contributed by atoms with Crippen LogP contribution in [0.5, 0.6) is 0 Å². The van der Waals surface area contributed by atoms with Crippen LogP contribution in [-0.2, 0) is 6.54 Å². The molecule has 0 aromatic carbocycles. The van der Waals surface area contributed by atoms with Crippen molar-refractivity contribution in [2.45, 2.75) is 20.4 Å². The highest BCUT2D eigenvalue weighted by atomic mass is 15.1. The first-order chi connectivity index (χ1) is 7.27. The van der Waals surface area contributed by atoms with E-state index in [0.29, 0.717) is 0 Å². The molecule has 0 radical (unpaired) electrons. The summed E-state index contributed by atoms with van der Waals surface area (Å²) in [4.78, 5) is 4.05. The third-order valence-electron chi connectivity index (χ3n) is 2.42. The van der Waals surface area contributed by atoms with Crippen molar-refractivity contribution in [2.75, 3.05) is 5.32 Å². The maximum absolute atomic E-state index is 4.05. The minimum atomic E-state index is 0.785. The van der Waals surface area contributed by atoms with E-state index in [4.69, 9.17) is 0 Å². The number of pyridine rings is 1. The first kappa shape index (κ1) is 9.71. The van der Waals surface area contributed by atoms with Gasteiger partial charge >= 0.3 is 0 Å². The van der Waals surface area contributed by atoms with Crippen molar-refractivity contribution in [1.82, 2.24) is 15.2 Å². The lowest BCUT2D eigenvalue weighted by atomic mass is 10.2. The van der Waals surface area contributed by atoms with Crippen molar-refractivity contribution >= 4 is 5.69 Å². The summed E-state index contributed by atoms with van der Waals surface area (Å²) in [6, 6.07) is 1.98. The van der Waals surface area contributed by atoms with Crippen molar-refractivity contribution in [3.05, 3.63) is 41.5 Å². The minimum Gasteiger partial charge on any atom is -0.381 e. The molecule has 2 aromatic rings. The molecule has 0 aliphatic heterocycles. The number of aryl methyl sites for hydroxylation is 2. The third kappa shape index (κ3) is 2.15. The van der Waals surface area contributed by atoms with Gasteiger partial charge in [-0.3, -0.25) is 10.1 Å². The molecule has 15 heavy (non-hydrogen) atoms. The monoisotopic (exact) mass is 202 g/mol. The van der Waals surface area contributed by atoms with Crippen LogP contribution in [0.1, 0.15) is 16.8 Å². The Bertz CT molecular complexity index is 447. The molecule has 2 aromatic heterocycles. The number of nitrogens with zero attached hydrogens (tertiary/aromatic N) is 2. The summed E-state index contributed by atoms with van der Waals surface area (Å²) in [5.41, 5.74) is 4.56. The molecule has 2 heterocycles. The smallest absolute Gasteiger partial charge is 0.0539 e. The first-order valence-electron chi connectivity index (χ1n) is 4.90. The molecular weight excluding hydrogens is 188 g/mol. The predicted molar refractivity (Wildman–Crippen MR) is 59.6 cm³/mol. The second-order valence-corrected chi connectivity index (χ2v) is 3.56. The lowest BCUT2D eigenvalue weighted by molar-refractivity contribution is 1.04. The number of hydrogen-bond donors (Lipinski definition) is 2. The van der Waals surface area contributed by atoms with Gasteiger partial charge in [0.05, 0.1) is 6.20 Å². The summed E-state index contributed by atoms with van der Waals surface area (Å²) in [7, 11) is 0. The molecule has 0 bridgehead atoms. The molecule has 4 nitrogen and oxygen atoms in total. The van der Waals surface area contributed by atoms with Crippen LogP contribution < -0.4 is 5.32 Å². The number of hydrogen-bond acceptors (Lipinski definition) is 3. The van der Waals surface area contributed by atoms with Gasteiger partial charge in [0, 0.05) is 35.9 Å². The Morgan fingerprint density at radius 3 is 2.87 bits per heavy atom. The summed E-state index contributed by atoms with van der Waals surface area (Å²) >= 11 is 0. The van der Waals surface area contributed by atoms with E-state index in [0.717, 1.165) is 23.5 Å². The molecule has 78 valence electrons. The molecule has 4 heteroatoms. The van der Waals surface area contributed by atoms with Crippen molar-refractivity contribution < 1.29 is 0 Å². The normalized spacial score (nSPS) is 10.3. The van der Waals surface area contributed by atoms with Crippen LogP contribution in [0.4, 0.5) is 5.69 Å². The summed E-state index contributed by atoms with van der Waals surface area (Å²) in [6.07, 6.45) is 5.49. The van der Waals surface area contributed by atoms with Crippen LogP contribution in [0, 0.1) is 13.8 Å². The van der Waals surface area contributed by atoms with Gasteiger partial charge in [-0.05, 0) is 25.5 Å². The van der Waals surface area contributed by atoms with Crippen LogP contribution in [-0.4, -0.2) is 15.2 Å². The van der Waals surface area contributed by atoms with Gasteiger partial charge in [0.15, 0.2) is 0 Å². The molecule has 0 aliphatic rings. The van der Waals surface area contributed by atoms with E-state index >= 15 is 0 Å². The van der Waals surface area contributed by atoms with Gasteiger partial charge in [0.25, 0.3) is 0 Å². The van der Waals surface area contributed by atoms with Crippen molar-refractivity contribution in [1.29, 1.82) is 0 Å². The molecule has 0 saturated heterocycles.